The van der Waals surface area contributed by atoms with Crippen molar-refractivity contribution in [3.63, 3.8) is 0 Å². The number of nitrogens with zero attached hydrogens (tertiary/aromatic N) is 3. The van der Waals surface area contributed by atoms with Crippen molar-refractivity contribution >= 4 is 28.8 Å². The molecule has 0 aliphatic rings. The Bertz CT molecular complexity index is 1090. The van der Waals surface area contributed by atoms with Crippen molar-refractivity contribution < 1.29 is 4.74 Å². The van der Waals surface area contributed by atoms with Gasteiger partial charge in [-0.25, -0.2) is 9.50 Å². The monoisotopic (exact) mass is 383 g/mol. The SMILES string of the molecule is COc1ccc(-c2cc(Cl)nc3c(-c4ccc(Cl)cc4)c(C)nn23)cc1. The summed E-state index contributed by atoms with van der Waals surface area (Å²) in [5.74, 6) is 0.795. The van der Waals surface area contributed by atoms with Crippen molar-refractivity contribution in [1.82, 2.24) is 14.6 Å². The summed E-state index contributed by atoms with van der Waals surface area (Å²) in [6, 6.07) is 17.2. The summed E-state index contributed by atoms with van der Waals surface area (Å²) < 4.78 is 7.06. The molecule has 0 N–H and O–H groups in total. The highest BCUT2D eigenvalue weighted by atomic mass is 35.5. The average Bonchev–Trinajstić information content (AvgIpc) is 2.97. The first-order valence-corrected chi connectivity index (χ1v) is 8.78. The molecule has 0 aliphatic heterocycles. The van der Waals surface area contributed by atoms with Crippen LogP contribution in [0.2, 0.25) is 10.2 Å². The minimum Gasteiger partial charge on any atom is -0.497 e. The molecule has 0 atom stereocenters. The zero-order valence-electron chi connectivity index (χ0n) is 14.2. The molecule has 0 bridgehead atoms. The third-order valence-corrected chi connectivity index (χ3v) is 4.70. The van der Waals surface area contributed by atoms with Gasteiger partial charge in [0.25, 0.3) is 0 Å². The van der Waals surface area contributed by atoms with Crippen LogP contribution >= 0.6 is 23.2 Å². The quantitative estimate of drug-likeness (QED) is 0.426. The maximum atomic E-state index is 6.33. The number of aromatic nitrogens is 3. The summed E-state index contributed by atoms with van der Waals surface area (Å²) in [7, 11) is 1.64. The van der Waals surface area contributed by atoms with Crippen LogP contribution < -0.4 is 4.74 Å². The van der Waals surface area contributed by atoms with Crippen molar-refractivity contribution in [2.75, 3.05) is 7.11 Å². The van der Waals surface area contributed by atoms with E-state index in [1.165, 1.54) is 0 Å². The van der Waals surface area contributed by atoms with E-state index in [-0.39, 0.29) is 0 Å². The number of ether oxygens (including phenoxy) is 1. The molecule has 4 nitrogen and oxygen atoms in total. The lowest BCUT2D eigenvalue weighted by Gasteiger charge is -2.07. The Kier molecular flexibility index (Phi) is 4.31. The van der Waals surface area contributed by atoms with Gasteiger partial charge in [0.1, 0.15) is 10.9 Å². The van der Waals surface area contributed by atoms with Crippen molar-refractivity contribution in [3.8, 4) is 28.1 Å². The number of aryl methyl sites for hydroxylation is 1. The van der Waals surface area contributed by atoms with E-state index in [2.05, 4.69) is 4.98 Å². The van der Waals surface area contributed by atoms with Gasteiger partial charge in [0, 0.05) is 22.2 Å². The summed E-state index contributed by atoms with van der Waals surface area (Å²) in [5, 5.41) is 5.81. The summed E-state index contributed by atoms with van der Waals surface area (Å²) >= 11 is 12.3. The molecule has 0 fully saturated rings. The minimum atomic E-state index is 0.415. The molecule has 2 aromatic carbocycles. The summed E-state index contributed by atoms with van der Waals surface area (Å²) in [5.41, 5.74) is 5.37. The van der Waals surface area contributed by atoms with E-state index in [1.54, 1.807) is 7.11 Å². The first-order valence-electron chi connectivity index (χ1n) is 8.03. The Hall–Kier alpha value is -2.56. The molecule has 6 heteroatoms. The van der Waals surface area contributed by atoms with Gasteiger partial charge in [-0.15, -0.1) is 0 Å². The lowest BCUT2D eigenvalue weighted by Crippen LogP contribution is -1.97. The molecule has 0 unspecified atom stereocenters. The van der Waals surface area contributed by atoms with E-state index >= 15 is 0 Å². The van der Waals surface area contributed by atoms with E-state index in [4.69, 9.17) is 33.0 Å². The number of fused-ring (bicyclic) bond motifs is 1. The molecule has 2 heterocycles. The number of hydrogen-bond acceptors (Lipinski definition) is 3. The molecule has 4 aromatic rings. The molecule has 4 rings (SSSR count). The maximum Gasteiger partial charge on any atom is 0.165 e. The van der Waals surface area contributed by atoms with Crippen LogP contribution in [-0.4, -0.2) is 21.7 Å². The second-order valence-corrected chi connectivity index (χ2v) is 6.72. The second kappa shape index (κ2) is 6.63. The van der Waals surface area contributed by atoms with E-state index in [9.17, 15) is 0 Å². The minimum absolute atomic E-state index is 0.415. The number of methoxy groups -OCH3 is 1. The molecule has 0 aliphatic carbocycles. The van der Waals surface area contributed by atoms with Crippen LogP contribution in [0.3, 0.4) is 0 Å². The molecular weight excluding hydrogens is 369 g/mol. The molecule has 0 radical (unpaired) electrons. The first-order chi connectivity index (χ1) is 12.6. The fourth-order valence-electron chi connectivity index (χ4n) is 3.02. The van der Waals surface area contributed by atoms with Crippen LogP contribution in [0, 0.1) is 6.92 Å². The fraction of sp³-hybridized carbons (Fsp3) is 0.100. The van der Waals surface area contributed by atoms with Gasteiger partial charge in [0.2, 0.25) is 0 Å². The third-order valence-electron chi connectivity index (χ3n) is 4.25. The highest BCUT2D eigenvalue weighted by molar-refractivity contribution is 6.30. The van der Waals surface area contributed by atoms with Crippen LogP contribution in [0.15, 0.2) is 54.6 Å². The van der Waals surface area contributed by atoms with Gasteiger partial charge in [-0.1, -0.05) is 35.3 Å². The predicted molar refractivity (Wildman–Crippen MR) is 105 cm³/mol. The zero-order chi connectivity index (χ0) is 18.3. The highest BCUT2D eigenvalue weighted by Gasteiger charge is 2.17. The van der Waals surface area contributed by atoms with Crippen LogP contribution in [0.4, 0.5) is 0 Å². The Labute approximate surface area is 161 Å². The maximum absolute atomic E-state index is 6.33. The van der Waals surface area contributed by atoms with Crippen LogP contribution in [0.5, 0.6) is 5.75 Å². The van der Waals surface area contributed by atoms with Crippen LogP contribution in [0.25, 0.3) is 28.0 Å². The van der Waals surface area contributed by atoms with E-state index < -0.39 is 0 Å². The topological polar surface area (TPSA) is 39.4 Å². The van der Waals surface area contributed by atoms with Crippen molar-refractivity contribution in [2.24, 2.45) is 0 Å². The second-order valence-electron chi connectivity index (χ2n) is 5.90. The number of rotatable bonds is 3. The van der Waals surface area contributed by atoms with Gasteiger partial charge in [0.05, 0.1) is 18.5 Å². The molecule has 0 saturated carbocycles. The van der Waals surface area contributed by atoms with Crippen molar-refractivity contribution in [1.29, 1.82) is 0 Å². The van der Waals surface area contributed by atoms with E-state index in [1.807, 2.05) is 66.0 Å². The van der Waals surface area contributed by atoms with Crippen LogP contribution in [0.1, 0.15) is 5.69 Å². The van der Waals surface area contributed by atoms with E-state index in [0.717, 1.165) is 33.8 Å². The number of halogens is 2. The van der Waals surface area contributed by atoms with Gasteiger partial charge in [0.15, 0.2) is 5.65 Å². The number of benzene rings is 2. The Morgan fingerprint density at radius 2 is 1.58 bits per heavy atom. The summed E-state index contributed by atoms with van der Waals surface area (Å²) in [4.78, 5) is 4.52. The molecule has 130 valence electrons. The van der Waals surface area contributed by atoms with Gasteiger partial charge < -0.3 is 4.74 Å². The molecular formula is C20H15Cl2N3O. The van der Waals surface area contributed by atoms with Gasteiger partial charge in [-0.3, -0.25) is 0 Å². The molecule has 0 saturated heterocycles. The van der Waals surface area contributed by atoms with E-state index in [0.29, 0.717) is 15.8 Å². The Balaban J connectivity index is 1.95. The van der Waals surface area contributed by atoms with Gasteiger partial charge >= 0.3 is 0 Å². The zero-order valence-corrected chi connectivity index (χ0v) is 15.7. The lowest BCUT2D eigenvalue weighted by atomic mass is 10.1. The van der Waals surface area contributed by atoms with Crippen molar-refractivity contribution in [3.05, 3.63) is 70.5 Å². The molecule has 0 amide bonds. The average molecular weight is 384 g/mol. The summed E-state index contributed by atoms with van der Waals surface area (Å²) in [6.07, 6.45) is 0. The number of hydrogen-bond donors (Lipinski definition) is 0. The Morgan fingerprint density at radius 3 is 2.23 bits per heavy atom. The standard InChI is InChI=1S/C20H15Cl2N3O/c1-12-19(14-3-7-15(21)8-4-14)20-23-18(22)11-17(25(20)24-12)13-5-9-16(26-2)10-6-13/h3-11H,1-2H3. The smallest absolute Gasteiger partial charge is 0.165 e. The largest absolute Gasteiger partial charge is 0.497 e. The predicted octanol–water partition coefficient (Wildman–Crippen LogP) is 5.69. The normalized spacial score (nSPS) is 11.1. The Morgan fingerprint density at radius 1 is 0.923 bits per heavy atom. The third kappa shape index (κ3) is 2.91. The summed E-state index contributed by atoms with van der Waals surface area (Å²) in [6.45, 7) is 1.96. The van der Waals surface area contributed by atoms with Crippen molar-refractivity contribution in [2.45, 2.75) is 6.92 Å². The highest BCUT2D eigenvalue weighted by Crippen LogP contribution is 2.32. The fourth-order valence-corrected chi connectivity index (χ4v) is 3.33. The molecule has 2 aromatic heterocycles. The van der Waals surface area contributed by atoms with Crippen LogP contribution in [-0.2, 0) is 0 Å². The lowest BCUT2D eigenvalue weighted by molar-refractivity contribution is 0.415. The van der Waals surface area contributed by atoms with Gasteiger partial charge in [-0.05, 0) is 48.9 Å². The molecule has 0 spiro atoms. The van der Waals surface area contributed by atoms with Gasteiger partial charge in [-0.2, -0.15) is 5.10 Å². The first kappa shape index (κ1) is 16.9. The molecule has 26 heavy (non-hydrogen) atoms.